The van der Waals surface area contributed by atoms with Crippen molar-refractivity contribution in [3.05, 3.63) is 11.9 Å². The van der Waals surface area contributed by atoms with Crippen LogP contribution in [0, 0.1) is 0 Å². The maximum Gasteiger partial charge on any atom is 0.134 e. The second-order valence-corrected chi connectivity index (χ2v) is 5.82. The normalized spacial score (nSPS) is 14.0. The molecule has 1 heterocycles. The number of hydrogen-bond acceptors (Lipinski definition) is 5. The van der Waals surface area contributed by atoms with E-state index in [0.29, 0.717) is 5.75 Å². The Bertz CT molecular complexity index is 411. The molecule has 0 aromatic carbocycles. The van der Waals surface area contributed by atoms with Gasteiger partial charge in [-0.1, -0.05) is 6.92 Å². The van der Waals surface area contributed by atoms with Crippen LogP contribution < -0.4 is 10.6 Å². The second-order valence-electron chi connectivity index (χ2n) is 4.26. The average Bonchev–Trinajstić information content (AvgIpc) is 2.36. The van der Waals surface area contributed by atoms with E-state index in [2.05, 4.69) is 34.4 Å². The summed E-state index contributed by atoms with van der Waals surface area (Å²) in [5.41, 5.74) is 1.09. The third-order valence-electron chi connectivity index (χ3n) is 2.76. The molecule has 1 aromatic heterocycles. The van der Waals surface area contributed by atoms with Gasteiger partial charge in [0.25, 0.3) is 0 Å². The highest BCUT2D eigenvalue weighted by molar-refractivity contribution is 7.84. The largest absolute Gasteiger partial charge is 0.373 e. The molecule has 0 fully saturated rings. The quantitative estimate of drug-likeness (QED) is 0.788. The van der Waals surface area contributed by atoms with Crippen LogP contribution in [-0.2, 0) is 17.2 Å². The molecule has 0 spiro atoms. The summed E-state index contributed by atoms with van der Waals surface area (Å²) in [6.07, 6.45) is 5.02. The van der Waals surface area contributed by atoms with Crippen molar-refractivity contribution in [1.82, 2.24) is 9.97 Å². The Morgan fingerprint density at radius 3 is 2.61 bits per heavy atom. The first-order valence-corrected chi connectivity index (χ1v) is 7.89. The van der Waals surface area contributed by atoms with Crippen LogP contribution in [0.1, 0.15) is 25.8 Å². The van der Waals surface area contributed by atoms with Gasteiger partial charge in [0.2, 0.25) is 0 Å². The summed E-state index contributed by atoms with van der Waals surface area (Å²) >= 11 is 0. The van der Waals surface area contributed by atoms with Gasteiger partial charge >= 0.3 is 0 Å². The Labute approximate surface area is 111 Å². The molecule has 0 aliphatic carbocycles. The molecule has 6 heteroatoms. The van der Waals surface area contributed by atoms with Crippen LogP contribution in [0.3, 0.4) is 0 Å². The molecular formula is C12H22N4OS. The van der Waals surface area contributed by atoms with Gasteiger partial charge in [-0.3, -0.25) is 4.21 Å². The van der Waals surface area contributed by atoms with Gasteiger partial charge in [0.1, 0.15) is 18.0 Å². The fraction of sp³-hybridized carbons (Fsp3) is 0.667. The van der Waals surface area contributed by atoms with Crippen LogP contribution in [0.2, 0.25) is 0 Å². The summed E-state index contributed by atoms with van der Waals surface area (Å²) in [6.45, 7) is 4.16. The number of aromatic nitrogens is 2. The number of nitrogens with zero attached hydrogens (tertiary/aromatic N) is 2. The van der Waals surface area contributed by atoms with E-state index < -0.39 is 10.8 Å². The highest BCUT2D eigenvalue weighted by atomic mass is 32.2. The first-order valence-electron chi connectivity index (χ1n) is 6.16. The van der Waals surface area contributed by atoms with Crippen LogP contribution >= 0.6 is 0 Å². The highest BCUT2D eigenvalue weighted by Crippen LogP contribution is 2.20. The predicted octanol–water partition coefficient (Wildman–Crippen LogP) is 1.65. The lowest BCUT2D eigenvalue weighted by molar-refractivity contribution is 0.678. The van der Waals surface area contributed by atoms with Crippen molar-refractivity contribution in [3.8, 4) is 0 Å². The van der Waals surface area contributed by atoms with Crippen molar-refractivity contribution >= 4 is 22.4 Å². The minimum atomic E-state index is -0.742. The topological polar surface area (TPSA) is 66.9 Å². The fourth-order valence-electron chi connectivity index (χ4n) is 1.74. The molecule has 0 saturated heterocycles. The summed E-state index contributed by atoms with van der Waals surface area (Å²) in [5, 5.41) is 6.44. The van der Waals surface area contributed by atoms with Gasteiger partial charge in [-0.2, -0.15) is 0 Å². The summed E-state index contributed by atoms with van der Waals surface area (Å²) in [6, 6.07) is 0.249. The fourth-order valence-corrected chi connectivity index (χ4v) is 2.42. The molecule has 2 atom stereocenters. The van der Waals surface area contributed by atoms with Crippen LogP contribution in [0.25, 0.3) is 0 Å². The van der Waals surface area contributed by atoms with E-state index in [-0.39, 0.29) is 6.04 Å². The maximum atomic E-state index is 11.1. The average molecular weight is 270 g/mol. The molecule has 18 heavy (non-hydrogen) atoms. The molecule has 5 nitrogen and oxygen atoms in total. The molecule has 0 bridgehead atoms. The molecular weight excluding hydrogens is 248 g/mol. The highest BCUT2D eigenvalue weighted by Gasteiger charge is 2.11. The zero-order chi connectivity index (χ0) is 13.5. The number of nitrogens with one attached hydrogen (secondary N) is 2. The lowest BCUT2D eigenvalue weighted by Crippen LogP contribution is -2.20. The summed E-state index contributed by atoms with van der Waals surface area (Å²) in [4.78, 5) is 8.49. The van der Waals surface area contributed by atoms with E-state index in [1.165, 1.54) is 0 Å². The minimum Gasteiger partial charge on any atom is -0.373 e. The van der Waals surface area contributed by atoms with E-state index in [1.54, 1.807) is 12.6 Å². The first-order chi connectivity index (χ1) is 8.58. The van der Waals surface area contributed by atoms with Gasteiger partial charge in [-0.25, -0.2) is 9.97 Å². The molecule has 0 saturated carbocycles. The molecule has 2 unspecified atom stereocenters. The van der Waals surface area contributed by atoms with Crippen molar-refractivity contribution < 1.29 is 4.21 Å². The maximum absolute atomic E-state index is 11.1. The summed E-state index contributed by atoms with van der Waals surface area (Å²) < 4.78 is 11.1. The zero-order valence-electron chi connectivity index (χ0n) is 11.5. The number of rotatable bonds is 7. The molecule has 1 aromatic rings. The summed E-state index contributed by atoms with van der Waals surface area (Å²) in [5.74, 6) is 2.44. The van der Waals surface area contributed by atoms with Gasteiger partial charge in [-0.15, -0.1) is 0 Å². The number of hydrogen-bond donors (Lipinski definition) is 2. The van der Waals surface area contributed by atoms with Gasteiger partial charge in [0, 0.05) is 41.5 Å². The van der Waals surface area contributed by atoms with E-state index >= 15 is 0 Å². The van der Waals surface area contributed by atoms with Gasteiger partial charge in [0.05, 0.1) is 0 Å². The van der Waals surface area contributed by atoms with Crippen LogP contribution in [0.5, 0.6) is 0 Å². The van der Waals surface area contributed by atoms with Gasteiger partial charge < -0.3 is 10.6 Å². The van der Waals surface area contributed by atoms with Gasteiger partial charge in [0.15, 0.2) is 0 Å². The SMILES string of the molecule is CCc1c(NC)ncnc1NC(C)CCS(C)=O. The van der Waals surface area contributed by atoms with Crippen molar-refractivity contribution in [2.24, 2.45) is 0 Å². The van der Waals surface area contributed by atoms with Crippen molar-refractivity contribution in [2.75, 3.05) is 29.7 Å². The Balaban J connectivity index is 2.74. The minimum absolute atomic E-state index is 0.249. The van der Waals surface area contributed by atoms with Crippen molar-refractivity contribution in [2.45, 2.75) is 32.7 Å². The Morgan fingerprint density at radius 2 is 2.06 bits per heavy atom. The molecule has 0 amide bonds. The van der Waals surface area contributed by atoms with Gasteiger partial charge in [-0.05, 0) is 19.8 Å². The van der Waals surface area contributed by atoms with Crippen molar-refractivity contribution in [3.63, 3.8) is 0 Å². The van der Waals surface area contributed by atoms with Crippen LogP contribution in [-0.4, -0.2) is 39.3 Å². The monoisotopic (exact) mass is 270 g/mol. The van der Waals surface area contributed by atoms with E-state index in [1.807, 2.05) is 7.05 Å². The lowest BCUT2D eigenvalue weighted by Gasteiger charge is -2.17. The Kier molecular flexibility index (Phi) is 6.04. The standard InChI is InChI=1S/C12H22N4OS/c1-5-10-11(13-3)14-8-15-12(10)16-9(2)6-7-18(4)17/h8-9H,5-7H2,1-4H3,(H2,13,14,15,16). The Morgan fingerprint density at radius 1 is 1.39 bits per heavy atom. The molecule has 102 valence electrons. The van der Waals surface area contributed by atoms with Crippen LogP contribution in [0.15, 0.2) is 6.33 Å². The smallest absolute Gasteiger partial charge is 0.134 e. The second kappa shape index (κ2) is 7.31. The van der Waals surface area contributed by atoms with E-state index in [0.717, 1.165) is 30.0 Å². The predicted molar refractivity (Wildman–Crippen MR) is 77.6 cm³/mol. The van der Waals surface area contributed by atoms with E-state index in [9.17, 15) is 4.21 Å². The molecule has 2 N–H and O–H groups in total. The number of anilines is 2. The molecule has 0 aliphatic rings. The third kappa shape index (κ3) is 4.25. The van der Waals surface area contributed by atoms with Crippen molar-refractivity contribution in [1.29, 1.82) is 0 Å². The molecule has 0 radical (unpaired) electrons. The van der Waals surface area contributed by atoms with Crippen LogP contribution in [0.4, 0.5) is 11.6 Å². The first kappa shape index (κ1) is 14.9. The molecule has 1 rings (SSSR count). The Hall–Kier alpha value is -1.17. The third-order valence-corrected chi connectivity index (χ3v) is 3.57. The zero-order valence-corrected chi connectivity index (χ0v) is 12.3. The van der Waals surface area contributed by atoms with E-state index in [4.69, 9.17) is 0 Å². The lowest BCUT2D eigenvalue weighted by atomic mass is 10.2. The molecule has 0 aliphatic heterocycles. The summed E-state index contributed by atoms with van der Waals surface area (Å²) in [7, 11) is 1.11.